The van der Waals surface area contributed by atoms with E-state index in [0.29, 0.717) is 0 Å². The molecule has 0 amide bonds. The van der Waals surface area contributed by atoms with Gasteiger partial charge in [0.05, 0.1) is 33.0 Å². The second-order valence-corrected chi connectivity index (χ2v) is 6.72. The lowest BCUT2D eigenvalue weighted by atomic mass is 9.91. The van der Waals surface area contributed by atoms with Crippen LogP contribution >= 0.6 is 0 Å². The molecular formula is C17H17F15O5. The van der Waals surface area contributed by atoms with Crippen LogP contribution in [-0.2, 0) is 23.7 Å². The van der Waals surface area contributed by atoms with Crippen molar-refractivity contribution in [2.45, 2.75) is 41.7 Å². The number of hydrogen-bond acceptors (Lipinski definition) is 5. The first-order valence-electron chi connectivity index (χ1n) is 9.31. The zero-order valence-electron chi connectivity index (χ0n) is 17.9. The monoisotopic (exact) mass is 586 g/mol. The molecule has 0 rings (SSSR count). The first-order valence-corrected chi connectivity index (χ1v) is 9.31. The number of rotatable bonds is 17. The van der Waals surface area contributed by atoms with Gasteiger partial charge < -0.3 is 18.9 Å². The molecule has 0 aromatic heterocycles. The summed E-state index contributed by atoms with van der Waals surface area (Å²) >= 11 is 0. The maximum absolute atomic E-state index is 13.5. The molecule has 0 fully saturated rings. The third kappa shape index (κ3) is 7.33. The molecule has 0 N–H and O–H groups in total. The van der Waals surface area contributed by atoms with Crippen LogP contribution in [0.2, 0.25) is 0 Å². The quantitative estimate of drug-likeness (QED) is 0.102. The Hall–Kier alpha value is -1.96. The molecule has 0 aliphatic heterocycles. The maximum Gasteiger partial charge on any atom is 0.460 e. The van der Waals surface area contributed by atoms with Crippen LogP contribution in [0.25, 0.3) is 0 Å². The highest BCUT2D eigenvalue weighted by molar-refractivity contribution is 5.81. The largest absolute Gasteiger partial charge is 0.460 e. The molecule has 0 unspecified atom stereocenters. The standard InChI is InChI=1S/C17H17F15O5/c1-2-10(33)37-8-7-35-4-3-34-5-6-36-9-11(18,19)12(20,21)13(22,23)14(24,25)15(26,27)16(28,29)17(30,31)32/h2H,1,3-9H2. The predicted octanol–water partition coefficient (Wildman–Crippen LogP) is 5.14. The molecule has 220 valence electrons. The molecule has 0 heterocycles. The van der Waals surface area contributed by atoms with Crippen LogP contribution in [0.4, 0.5) is 65.9 Å². The van der Waals surface area contributed by atoms with Gasteiger partial charge in [0, 0.05) is 6.08 Å². The second kappa shape index (κ2) is 12.3. The third-order valence-corrected chi connectivity index (χ3v) is 4.06. The van der Waals surface area contributed by atoms with Crippen molar-refractivity contribution in [1.82, 2.24) is 0 Å². The zero-order chi connectivity index (χ0) is 29.6. The van der Waals surface area contributed by atoms with Crippen molar-refractivity contribution in [1.29, 1.82) is 0 Å². The average Bonchev–Trinajstić information content (AvgIpc) is 2.75. The lowest BCUT2D eigenvalue weighted by Crippen LogP contribution is -2.73. The van der Waals surface area contributed by atoms with Gasteiger partial charge in [-0.1, -0.05) is 6.58 Å². The Balaban J connectivity index is 5.01. The molecule has 0 spiro atoms. The van der Waals surface area contributed by atoms with Crippen LogP contribution < -0.4 is 0 Å². The molecule has 0 atom stereocenters. The van der Waals surface area contributed by atoms with Gasteiger partial charge in [-0.05, 0) is 0 Å². The Morgan fingerprint density at radius 1 is 0.541 bits per heavy atom. The maximum atomic E-state index is 13.5. The minimum atomic E-state index is -8.33. The number of carbonyl (C=O) groups is 1. The molecule has 20 heteroatoms. The summed E-state index contributed by atoms with van der Waals surface area (Å²) < 4.78 is 213. The van der Waals surface area contributed by atoms with Crippen LogP contribution in [0.5, 0.6) is 0 Å². The van der Waals surface area contributed by atoms with Gasteiger partial charge in [-0.3, -0.25) is 0 Å². The third-order valence-electron chi connectivity index (χ3n) is 4.06. The molecule has 0 radical (unpaired) electrons. The highest BCUT2D eigenvalue weighted by atomic mass is 19.4. The van der Waals surface area contributed by atoms with Crippen molar-refractivity contribution in [2.24, 2.45) is 0 Å². The van der Waals surface area contributed by atoms with Crippen molar-refractivity contribution < 1.29 is 89.6 Å². The van der Waals surface area contributed by atoms with E-state index in [-0.39, 0.29) is 26.4 Å². The first kappa shape index (κ1) is 35.0. The van der Waals surface area contributed by atoms with Crippen molar-refractivity contribution >= 4 is 5.97 Å². The summed E-state index contributed by atoms with van der Waals surface area (Å²) in [6, 6.07) is 0. The van der Waals surface area contributed by atoms with Gasteiger partial charge in [0.1, 0.15) is 13.2 Å². The molecule has 0 aromatic rings. The zero-order valence-corrected chi connectivity index (χ0v) is 17.9. The van der Waals surface area contributed by atoms with Gasteiger partial charge in [0.15, 0.2) is 0 Å². The van der Waals surface area contributed by atoms with E-state index < -0.39 is 67.5 Å². The van der Waals surface area contributed by atoms with E-state index in [2.05, 4.69) is 20.8 Å². The fourth-order valence-corrected chi connectivity index (χ4v) is 1.99. The Morgan fingerprint density at radius 3 is 1.30 bits per heavy atom. The predicted molar refractivity (Wildman–Crippen MR) is 89.4 cm³/mol. The van der Waals surface area contributed by atoms with E-state index in [0.717, 1.165) is 6.08 Å². The molecule has 37 heavy (non-hydrogen) atoms. The van der Waals surface area contributed by atoms with E-state index in [1.54, 1.807) is 0 Å². The van der Waals surface area contributed by atoms with Crippen LogP contribution in [0.3, 0.4) is 0 Å². The minimum absolute atomic E-state index is 0.131. The molecule has 0 aliphatic carbocycles. The van der Waals surface area contributed by atoms with E-state index in [4.69, 9.17) is 4.74 Å². The van der Waals surface area contributed by atoms with E-state index in [9.17, 15) is 70.7 Å². The van der Waals surface area contributed by atoms with Gasteiger partial charge >= 0.3 is 47.7 Å². The normalized spacial score (nSPS) is 14.6. The van der Waals surface area contributed by atoms with Crippen molar-refractivity contribution in [3.63, 3.8) is 0 Å². The van der Waals surface area contributed by atoms with Gasteiger partial charge in [-0.25, -0.2) is 4.79 Å². The highest BCUT2D eigenvalue weighted by Crippen LogP contribution is 2.62. The summed E-state index contributed by atoms with van der Waals surface area (Å²) in [6.45, 7) is -2.50. The summed E-state index contributed by atoms with van der Waals surface area (Å²) in [4.78, 5) is 10.7. The minimum Gasteiger partial charge on any atom is -0.460 e. The van der Waals surface area contributed by atoms with Crippen LogP contribution in [-0.4, -0.2) is 93.9 Å². The number of halogens is 15. The van der Waals surface area contributed by atoms with Gasteiger partial charge in [0.2, 0.25) is 0 Å². The van der Waals surface area contributed by atoms with Gasteiger partial charge in [-0.2, -0.15) is 65.9 Å². The lowest BCUT2D eigenvalue weighted by molar-refractivity contribution is -0.453. The highest BCUT2D eigenvalue weighted by Gasteiger charge is 2.93. The molecule has 0 saturated carbocycles. The summed E-state index contributed by atoms with van der Waals surface area (Å²) in [6.07, 6.45) is -6.79. The first-order chi connectivity index (χ1) is 16.5. The summed E-state index contributed by atoms with van der Waals surface area (Å²) in [5, 5.41) is 0. The summed E-state index contributed by atoms with van der Waals surface area (Å²) in [5.41, 5.74) is 0. The molecule has 5 nitrogen and oxygen atoms in total. The van der Waals surface area contributed by atoms with Crippen molar-refractivity contribution in [3.05, 3.63) is 12.7 Å². The van der Waals surface area contributed by atoms with E-state index in [1.807, 2.05) is 0 Å². The van der Waals surface area contributed by atoms with Gasteiger partial charge in [-0.15, -0.1) is 0 Å². The Morgan fingerprint density at radius 2 is 0.892 bits per heavy atom. The Bertz CT molecular complexity index is 752. The molecule has 0 aliphatic rings. The van der Waals surface area contributed by atoms with Crippen LogP contribution in [0.15, 0.2) is 12.7 Å². The Labute approximate surface area is 197 Å². The number of hydrogen-bond donors (Lipinski definition) is 0. The van der Waals surface area contributed by atoms with Crippen molar-refractivity contribution in [3.8, 4) is 0 Å². The van der Waals surface area contributed by atoms with E-state index >= 15 is 0 Å². The molecule has 0 saturated heterocycles. The SMILES string of the molecule is C=CC(=O)OCCOCCOCCOCC(F)(F)C(F)(F)C(F)(F)C(F)(F)C(F)(F)C(F)(F)C(F)(F)F. The fraction of sp³-hybridized carbons (Fsp3) is 0.824. The average molecular weight is 586 g/mol. The number of esters is 1. The summed E-state index contributed by atoms with van der Waals surface area (Å²) in [5.74, 6) is -47.6. The van der Waals surface area contributed by atoms with Gasteiger partial charge in [0.25, 0.3) is 0 Å². The second-order valence-electron chi connectivity index (χ2n) is 6.72. The number of alkyl halides is 15. The number of ether oxygens (including phenoxy) is 4. The van der Waals surface area contributed by atoms with Crippen LogP contribution in [0, 0.1) is 0 Å². The molecule has 0 bridgehead atoms. The topological polar surface area (TPSA) is 54.0 Å². The fourth-order valence-electron chi connectivity index (χ4n) is 1.99. The van der Waals surface area contributed by atoms with Crippen molar-refractivity contribution in [2.75, 3.05) is 46.2 Å². The van der Waals surface area contributed by atoms with Crippen LogP contribution in [0.1, 0.15) is 0 Å². The molecule has 0 aromatic carbocycles. The van der Waals surface area contributed by atoms with E-state index in [1.165, 1.54) is 0 Å². The smallest absolute Gasteiger partial charge is 0.460 e. The Kier molecular flexibility index (Phi) is 11.6. The number of carbonyl (C=O) groups excluding carboxylic acids is 1. The summed E-state index contributed by atoms with van der Waals surface area (Å²) in [7, 11) is 0. The molecular weight excluding hydrogens is 569 g/mol. The lowest BCUT2D eigenvalue weighted by Gasteiger charge is -2.41.